The van der Waals surface area contributed by atoms with E-state index in [2.05, 4.69) is 36.9 Å². The van der Waals surface area contributed by atoms with E-state index in [4.69, 9.17) is 17.0 Å². The zero-order chi connectivity index (χ0) is 22.3. The van der Waals surface area contributed by atoms with Crippen LogP contribution < -0.4 is 20.9 Å². The van der Waals surface area contributed by atoms with Gasteiger partial charge in [0.1, 0.15) is 5.75 Å². The Morgan fingerprint density at radius 3 is 2.23 bits per heavy atom. The molecule has 0 saturated carbocycles. The monoisotopic (exact) mass is 427 g/mol. The minimum atomic E-state index is -0.397. The van der Waals surface area contributed by atoms with Crippen LogP contribution in [-0.2, 0) is 5.41 Å². The van der Waals surface area contributed by atoms with Gasteiger partial charge in [-0.15, -0.1) is 0 Å². The number of ether oxygens (including phenoxy) is 1. The number of benzene rings is 2. The number of thiocarbonyl (C=S) groups is 1. The summed E-state index contributed by atoms with van der Waals surface area (Å²) >= 11 is 5.10. The minimum absolute atomic E-state index is 0.00633. The van der Waals surface area contributed by atoms with E-state index in [1.165, 1.54) is 0 Å². The molecule has 0 aromatic heterocycles. The Bertz CT molecular complexity index is 903. The fourth-order valence-corrected chi connectivity index (χ4v) is 2.65. The van der Waals surface area contributed by atoms with E-state index in [1.807, 2.05) is 26.0 Å². The molecular weight excluding hydrogens is 398 g/mol. The van der Waals surface area contributed by atoms with Gasteiger partial charge in [-0.3, -0.25) is 25.8 Å². The van der Waals surface area contributed by atoms with Gasteiger partial charge in [-0.25, -0.2) is 0 Å². The summed E-state index contributed by atoms with van der Waals surface area (Å²) in [6.07, 6.45) is 0. The summed E-state index contributed by atoms with van der Waals surface area (Å²) in [6, 6.07) is 14.2. The van der Waals surface area contributed by atoms with Crippen molar-refractivity contribution in [3.8, 4) is 5.75 Å². The molecule has 0 unspecified atom stereocenters. The molecule has 0 aliphatic heterocycles. The number of hydrogen-bond donors (Lipinski definition) is 3. The number of amides is 2. The molecule has 0 radical (unpaired) electrons. The van der Waals surface area contributed by atoms with Crippen LogP contribution in [0.5, 0.6) is 5.75 Å². The largest absolute Gasteiger partial charge is 0.493 e. The van der Waals surface area contributed by atoms with Crippen LogP contribution in [0.3, 0.4) is 0 Å². The van der Waals surface area contributed by atoms with Gasteiger partial charge < -0.3 is 4.74 Å². The molecule has 2 rings (SSSR count). The van der Waals surface area contributed by atoms with E-state index in [0.717, 1.165) is 5.56 Å². The van der Waals surface area contributed by atoms with Crippen molar-refractivity contribution in [2.45, 2.75) is 40.0 Å². The van der Waals surface area contributed by atoms with E-state index < -0.39 is 5.91 Å². The van der Waals surface area contributed by atoms with Gasteiger partial charge in [0.15, 0.2) is 5.11 Å². The van der Waals surface area contributed by atoms with Crippen LogP contribution in [0, 0.1) is 5.92 Å². The first kappa shape index (κ1) is 23.3. The molecule has 0 atom stereocenters. The quantitative estimate of drug-likeness (QED) is 0.497. The predicted molar refractivity (Wildman–Crippen MR) is 123 cm³/mol. The van der Waals surface area contributed by atoms with Gasteiger partial charge in [0, 0.05) is 11.1 Å². The molecule has 0 saturated heterocycles. The van der Waals surface area contributed by atoms with Gasteiger partial charge in [-0.2, -0.15) is 0 Å². The van der Waals surface area contributed by atoms with Crippen molar-refractivity contribution >= 4 is 29.1 Å². The first-order chi connectivity index (χ1) is 14.1. The maximum absolute atomic E-state index is 12.4. The number of hydrazine groups is 1. The van der Waals surface area contributed by atoms with Crippen molar-refractivity contribution in [2.24, 2.45) is 5.92 Å². The zero-order valence-electron chi connectivity index (χ0n) is 18.0. The summed E-state index contributed by atoms with van der Waals surface area (Å²) in [7, 11) is 0. The Morgan fingerprint density at radius 1 is 0.967 bits per heavy atom. The van der Waals surface area contributed by atoms with Crippen LogP contribution in [0.2, 0.25) is 0 Å². The van der Waals surface area contributed by atoms with Gasteiger partial charge in [-0.1, -0.05) is 52.8 Å². The highest BCUT2D eigenvalue weighted by Gasteiger charge is 2.15. The van der Waals surface area contributed by atoms with E-state index in [-0.39, 0.29) is 16.4 Å². The summed E-state index contributed by atoms with van der Waals surface area (Å²) in [5.41, 5.74) is 7.07. The van der Waals surface area contributed by atoms with Gasteiger partial charge in [0.2, 0.25) is 0 Å². The summed E-state index contributed by atoms with van der Waals surface area (Å²) < 4.78 is 5.63. The molecule has 2 aromatic rings. The molecule has 0 aliphatic carbocycles. The van der Waals surface area contributed by atoms with Crippen LogP contribution in [0.1, 0.15) is 60.9 Å². The topological polar surface area (TPSA) is 79.5 Å². The molecule has 0 heterocycles. The van der Waals surface area contributed by atoms with Gasteiger partial charge >= 0.3 is 0 Å². The van der Waals surface area contributed by atoms with E-state index in [0.29, 0.717) is 29.4 Å². The van der Waals surface area contributed by atoms with Gasteiger partial charge in [0.25, 0.3) is 11.8 Å². The Hall–Kier alpha value is -2.93. The van der Waals surface area contributed by atoms with Crippen molar-refractivity contribution < 1.29 is 14.3 Å². The average molecular weight is 428 g/mol. The van der Waals surface area contributed by atoms with Crippen LogP contribution in [-0.4, -0.2) is 23.5 Å². The first-order valence-corrected chi connectivity index (χ1v) is 10.2. The summed E-state index contributed by atoms with van der Waals surface area (Å²) in [6.45, 7) is 11.0. The molecule has 0 bridgehead atoms. The highest BCUT2D eigenvalue weighted by Crippen LogP contribution is 2.22. The number of carbonyl (C=O) groups is 2. The molecule has 6 nitrogen and oxygen atoms in total. The number of rotatable bonds is 5. The molecule has 0 fully saturated rings. The molecule has 7 heteroatoms. The van der Waals surface area contributed by atoms with E-state index >= 15 is 0 Å². The summed E-state index contributed by atoms with van der Waals surface area (Å²) in [5.74, 6) is 0.247. The van der Waals surface area contributed by atoms with Crippen molar-refractivity contribution in [3.63, 3.8) is 0 Å². The molecular formula is C23H29N3O3S. The molecule has 3 N–H and O–H groups in total. The van der Waals surface area contributed by atoms with Crippen LogP contribution >= 0.6 is 12.2 Å². The summed E-state index contributed by atoms with van der Waals surface area (Å²) in [5, 5.41) is 2.53. The number of carbonyl (C=O) groups excluding carboxylic acids is 2. The van der Waals surface area contributed by atoms with Crippen LogP contribution in [0.4, 0.5) is 0 Å². The van der Waals surface area contributed by atoms with Crippen LogP contribution in [0.25, 0.3) is 0 Å². The zero-order valence-corrected chi connectivity index (χ0v) is 18.9. The lowest BCUT2D eigenvalue weighted by atomic mass is 9.87. The first-order valence-electron chi connectivity index (χ1n) is 9.81. The normalized spacial score (nSPS) is 11.0. The number of hydrogen-bond acceptors (Lipinski definition) is 4. The maximum Gasteiger partial charge on any atom is 0.269 e. The minimum Gasteiger partial charge on any atom is -0.493 e. The third-order valence-corrected chi connectivity index (χ3v) is 4.41. The maximum atomic E-state index is 12.4. The lowest BCUT2D eigenvalue weighted by molar-refractivity contribution is 0.0934. The highest BCUT2D eigenvalue weighted by atomic mass is 32.1. The molecule has 160 valence electrons. The smallest absolute Gasteiger partial charge is 0.269 e. The number of nitrogens with one attached hydrogen (secondary N) is 3. The lowest BCUT2D eigenvalue weighted by Crippen LogP contribution is -2.48. The second kappa shape index (κ2) is 10.2. The highest BCUT2D eigenvalue weighted by molar-refractivity contribution is 7.80. The van der Waals surface area contributed by atoms with Crippen LogP contribution in [0.15, 0.2) is 48.5 Å². The Labute approximate surface area is 183 Å². The molecule has 0 aliphatic rings. The van der Waals surface area contributed by atoms with E-state index in [1.54, 1.807) is 36.4 Å². The van der Waals surface area contributed by atoms with Crippen molar-refractivity contribution in [1.29, 1.82) is 0 Å². The lowest BCUT2D eigenvalue weighted by Gasteiger charge is -2.19. The second-order valence-corrected chi connectivity index (χ2v) is 8.83. The van der Waals surface area contributed by atoms with Gasteiger partial charge in [-0.05, 0) is 59.4 Å². The Balaban J connectivity index is 1.87. The van der Waals surface area contributed by atoms with E-state index in [9.17, 15) is 9.59 Å². The van der Waals surface area contributed by atoms with Crippen molar-refractivity contribution in [1.82, 2.24) is 16.2 Å². The fraction of sp³-hybridized carbons (Fsp3) is 0.348. The third kappa shape index (κ3) is 7.15. The molecule has 2 amide bonds. The SMILES string of the molecule is CC(C)COc1cccc(C(=O)NC(=S)NNC(=O)c2ccc(C(C)(C)C)cc2)c1. The fourth-order valence-electron chi connectivity index (χ4n) is 2.50. The molecule has 2 aromatic carbocycles. The predicted octanol–water partition coefficient (Wildman–Crippen LogP) is 3.97. The Morgan fingerprint density at radius 2 is 1.63 bits per heavy atom. The Kier molecular flexibility index (Phi) is 7.94. The van der Waals surface area contributed by atoms with Gasteiger partial charge in [0.05, 0.1) is 6.61 Å². The van der Waals surface area contributed by atoms with Crippen molar-refractivity contribution in [3.05, 3.63) is 65.2 Å². The molecule has 30 heavy (non-hydrogen) atoms. The standard InChI is InChI=1S/C23H29N3O3S/c1-15(2)14-29-19-8-6-7-17(13-19)20(27)24-22(30)26-25-21(28)16-9-11-18(12-10-16)23(3,4)5/h6-13,15H,14H2,1-5H3,(H,25,28)(H2,24,26,27,30). The summed E-state index contributed by atoms with van der Waals surface area (Å²) in [4.78, 5) is 24.7. The molecule has 0 spiro atoms. The van der Waals surface area contributed by atoms with Crippen molar-refractivity contribution in [2.75, 3.05) is 6.61 Å². The second-order valence-electron chi connectivity index (χ2n) is 8.42. The third-order valence-electron chi connectivity index (χ3n) is 4.21. The average Bonchev–Trinajstić information content (AvgIpc) is 2.70.